The van der Waals surface area contributed by atoms with E-state index < -0.39 is 6.09 Å². The average Bonchev–Trinajstić information content (AvgIpc) is 2.74. The summed E-state index contributed by atoms with van der Waals surface area (Å²) in [5, 5.41) is 2.72. The van der Waals surface area contributed by atoms with Gasteiger partial charge in [0, 0.05) is 0 Å². The van der Waals surface area contributed by atoms with Crippen molar-refractivity contribution >= 4 is 6.09 Å². The lowest BCUT2D eigenvalue weighted by Gasteiger charge is -2.17. The summed E-state index contributed by atoms with van der Waals surface area (Å²) in [4.78, 5) is 11.1. The number of ether oxygens (including phenoxy) is 3. The van der Waals surface area contributed by atoms with Crippen LogP contribution >= 0.6 is 0 Å². The van der Waals surface area contributed by atoms with Crippen molar-refractivity contribution in [3.63, 3.8) is 0 Å². The van der Waals surface area contributed by atoms with Gasteiger partial charge in [-0.05, 0) is 24.6 Å². The van der Waals surface area contributed by atoms with Gasteiger partial charge in [0.15, 0.2) is 0 Å². The van der Waals surface area contributed by atoms with E-state index in [0.717, 1.165) is 11.1 Å². The SMILES string of the molecule is COc1cc(C)cc(OC)c1[C@H]1COC(=O)N1. The number of rotatable bonds is 3. The fourth-order valence-electron chi connectivity index (χ4n) is 1.95. The lowest BCUT2D eigenvalue weighted by Crippen LogP contribution is -2.19. The number of carbonyl (C=O) groups is 1. The second-order valence-electron chi connectivity index (χ2n) is 3.88. The third-order valence-corrected chi connectivity index (χ3v) is 2.71. The predicted octanol–water partition coefficient (Wildman–Crippen LogP) is 1.79. The molecule has 0 aliphatic carbocycles. The predicted molar refractivity (Wildman–Crippen MR) is 61.5 cm³/mol. The number of carbonyl (C=O) groups excluding carboxylic acids is 1. The van der Waals surface area contributed by atoms with Gasteiger partial charge in [0.25, 0.3) is 0 Å². The Morgan fingerprint density at radius 2 is 1.88 bits per heavy atom. The van der Waals surface area contributed by atoms with Gasteiger partial charge in [-0.2, -0.15) is 0 Å². The van der Waals surface area contributed by atoms with Crippen LogP contribution < -0.4 is 14.8 Å². The average molecular weight is 237 g/mol. The van der Waals surface area contributed by atoms with Crippen molar-refractivity contribution in [1.29, 1.82) is 0 Å². The lowest BCUT2D eigenvalue weighted by atomic mass is 10.0. The molecule has 0 unspecified atom stereocenters. The van der Waals surface area contributed by atoms with E-state index in [-0.39, 0.29) is 12.6 Å². The van der Waals surface area contributed by atoms with Gasteiger partial charge in [0.1, 0.15) is 18.1 Å². The van der Waals surface area contributed by atoms with Gasteiger partial charge in [-0.1, -0.05) is 0 Å². The molecule has 1 aliphatic rings. The number of aryl methyl sites for hydroxylation is 1. The third kappa shape index (κ3) is 2.13. The van der Waals surface area contributed by atoms with Crippen molar-refractivity contribution in [3.05, 3.63) is 23.3 Å². The van der Waals surface area contributed by atoms with Crippen molar-refractivity contribution in [3.8, 4) is 11.5 Å². The second-order valence-corrected chi connectivity index (χ2v) is 3.88. The number of alkyl carbamates (subject to hydrolysis) is 1. The molecule has 0 saturated carbocycles. The first-order chi connectivity index (χ1) is 8.15. The number of amides is 1. The maximum absolute atomic E-state index is 11.1. The molecule has 0 spiro atoms. The van der Waals surface area contributed by atoms with E-state index in [4.69, 9.17) is 14.2 Å². The highest BCUT2D eigenvalue weighted by Gasteiger charge is 2.29. The van der Waals surface area contributed by atoms with E-state index >= 15 is 0 Å². The molecule has 1 aromatic carbocycles. The summed E-state index contributed by atoms with van der Waals surface area (Å²) in [5.74, 6) is 1.38. The first-order valence-corrected chi connectivity index (χ1v) is 5.31. The molecule has 5 nitrogen and oxygen atoms in total. The highest BCUT2D eigenvalue weighted by atomic mass is 16.6. The van der Waals surface area contributed by atoms with Crippen LogP contribution in [0.4, 0.5) is 4.79 Å². The minimum absolute atomic E-state index is 0.229. The molecular formula is C12H15NO4. The van der Waals surface area contributed by atoms with E-state index in [1.807, 2.05) is 19.1 Å². The van der Waals surface area contributed by atoms with Crippen LogP contribution in [0.25, 0.3) is 0 Å². The normalized spacial score (nSPS) is 18.5. The lowest BCUT2D eigenvalue weighted by molar-refractivity contribution is 0.176. The summed E-state index contributed by atoms with van der Waals surface area (Å²) >= 11 is 0. The molecule has 0 aromatic heterocycles. The summed E-state index contributed by atoms with van der Waals surface area (Å²) < 4.78 is 15.5. The number of nitrogens with one attached hydrogen (secondary N) is 1. The fraction of sp³-hybridized carbons (Fsp3) is 0.417. The van der Waals surface area contributed by atoms with Gasteiger partial charge in [-0.25, -0.2) is 4.79 Å². The van der Waals surface area contributed by atoms with Crippen LogP contribution in [0.5, 0.6) is 11.5 Å². The van der Waals surface area contributed by atoms with Crippen LogP contribution in [0.1, 0.15) is 17.2 Å². The molecule has 1 aromatic rings. The second kappa shape index (κ2) is 4.53. The zero-order valence-corrected chi connectivity index (χ0v) is 10.1. The van der Waals surface area contributed by atoms with E-state index in [1.165, 1.54) is 0 Å². The molecule has 1 aliphatic heterocycles. The van der Waals surface area contributed by atoms with Crippen LogP contribution in [-0.2, 0) is 4.74 Å². The molecule has 5 heteroatoms. The van der Waals surface area contributed by atoms with Crippen molar-refractivity contribution in [2.45, 2.75) is 13.0 Å². The van der Waals surface area contributed by atoms with Gasteiger partial charge in [-0.3, -0.25) is 0 Å². The van der Waals surface area contributed by atoms with Crippen LogP contribution in [0.15, 0.2) is 12.1 Å². The van der Waals surface area contributed by atoms with Crippen LogP contribution in [0.3, 0.4) is 0 Å². The van der Waals surface area contributed by atoms with Gasteiger partial charge < -0.3 is 19.5 Å². The van der Waals surface area contributed by atoms with Crippen LogP contribution in [0, 0.1) is 6.92 Å². The monoisotopic (exact) mass is 237 g/mol. The Kier molecular flexibility index (Phi) is 3.08. The summed E-state index contributed by atoms with van der Waals surface area (Å²) in [6.07, 6.45) is -0.417. The van der Waals surface area contributed by atoms with Gasteiger partial charge in [0.05, 0.1) is 25.8 Å². The molecule has 92 valence electrons. The van der Waals surface area contributed by atoms with Crippen molar-refractivity contribution in [1.82, 2.24) is 5.32 Å². The zero-order chi connectivity index (χ0) is 12.4. The van der Waals surface area contributed by atoms with Crippen molar-refractivity contribution < 1.29 is 19.0 Å². The molecule has 1 N–H and O–H groups in total. The molecule has 1 heterocycles. The smallest absolute Gasteiger partial charge is 0.407 e. The van der Waals surface area contributed by atoms with E-state index in [1.54, 1.807) is 14.2 Å². The number of hydrogen-bond acceptors (Lipinski definition) is 4. The molecule has 17 heavy (non-hydrogen) atoms. The van der Waals surface area contributed by atoms with E-state index in [9.17, 15) is 4.79 Å². The Balaban J connectivity index is 2.46. The maximum Gasteiger partial charge on any atom is 0.407 e. The summed E-state index contributed by atoms with van der Waals surface area (Å²) in [7, 11) is 3.19. The first-order valence-electron chi connectivity index (χ1n) is 5.31. The zero-order valence-electron chi connectivity index (χ0n) is 10.1. The molecule has 0 radical (unpaired) electrons. The maximum atomic E-state index is 11.1. The Bertz CT molecular complexity index is 419. The number of methoxy groups -OCH3 is 2. The highest BCUT2D eigenvalue weighted by molar-refractivity contribution is 5.71. The minimum Gasteiger partial charge on any atom is -0.496 e. The first kappa shape index (κ1) is 11.6. The summed E-state index contributed by atoms with van der Waals surface area (Å²) in [6, 6.07) is 3.58. The third-order valence-electron chi connectivity index (χ3n) is 2.71. The largest absolute Gasteiger partial charge is 0.496 e. The fourth-order valence-corrected chi connectivity index (χ4v) is 1.95. The molecule has 1 saturated heterocycles. The Labute approximate surface area is 99.7 Å². The quantitative estimate of drug-likeness (QED) is 0.870. The van der Waals surface area contributed by atoms with Gasteiger partial charge in [-0.15, -0.1) is 0 Å². The molecule has 2 rings (SSSR count). The molecule has 0 bridgehead atoms. The number of cyclic esters (lactones) is 1. The standard InChI is InChI=1S/C12H15NO4/c1-7-4-9(15-2)11(10(5-7)16-3)8-6-17-12(14)13-8/h4-5,8H,6H2,1-3H3,(H,13,14)/t8-/m1/s1. The summed E-state index contributed by atoms with van der Waals surface area (Å²) in [6.45, 7) is 2.24. The Morgan fingerprint density at radius 1 is 1.29 bits per heavy atom. The highest BCUT2D eigenvalue weighted by Crippen LogP contribution is 2.36. The molecular weight excluding hydrogens is 222 g/mol. The van der Waals surface area contributed by atoms with Gasteiger partial charge in [0.2, 0.25) is 0 Å². The van der Waals surface area contributed by atoms with Gasteiger partial charge >= 0.3 is 6.09 Å². The van der Waals surface area contributed by atoms with E-state index in [0.29, 0.717) is 11.5 Å². The van der Waals surface area contributed by atoms with E-state index in [2.05, 4.69) is 5.32 Å². The number of hydrogen-bond donors (Lipinski definition) is 1. The molecule has 1 atom stereocenters. The Morgan fingerprint density at radius 3 is 2.29 bits per heavy atom. The number of benzene rings is 1. The molecule has 1 amide bonds. The van der Waals surface area contributed by atoms with Crippen LogP contribution in [-0.4, -0.2) is 26.9 Å². The molecule has 1 fully saturated rings. The van der Waals surface area contributed by atoms with Crippen molar-refractivity contribution in [2.24, 2.45) is 0 Å². The van der Waals surface area contributed by atoms with Crippen LogP contribution in [0.2, 0.25) is 0 Å². The Hall–Kier alpha value is -1.91. The van der Waals surface area contributed by atoms with Crippen molar-refractivity contribution in [2.75, 3.05) is 20.8 Å². The minimum atomic E-state index is -0.417. The summed E-state index contributed by atoms with van der Waals surface area (Å²) in [5.41, 5.74) is 1.85. The topological polar surface area (TPSA) is 56.8 Å².